The molecule has 2 fully saturated rings. The summed E-state index contributed by atoms with van der Waals surface area (Å²) in [6, 6.07) is 7.77. The molecule has 0 radical (unpaired) electrons. The van der Waals surface area contributed by atoms with Gasteiger partial charge in [0, 0.05) is 38.3 Å². The van der Waals surface area contributed by atoms with Crippen LogP contribution in [0.2, 0.25) is 0 Å². The Labute approximate surface area is 149 Å². The minimum Gasteiger partial charge on any atom is -0.496 e. The van der Waals surface area contributed by atoms with Gasteiger partial charge in [0.1, 0.15) is 5.75 Å². The second kappa shape index (κ2) is 8.23. The van der Waals surface area contributed by atoms with Gasteiger partial charge in [-0.25, -0.2) is 4.79 Å². The number of urea groups is 1. The van der Waals surface area contributed by atoms with Gasteiger partial charge in [0.25, 0.3) is 0 Å². The molecule has 1 aromatic rings. The Kier molecular flexibility index (Phi) is 5.79. The summed E-state index contributed by atoms with van der Waals surface area (Å²) < 4.78 is 5.32. The number of hydrogen-bond acceptors (Lipinski definition) is 3. The third-order valence-corrected chi connectivity index (χ3v) is 5.08. The average Bonchev–Trinajstić information content (AvgIpc) is 3.20. The molecule has 2 saturated heterocycles. The van der Waals surface area contributed by atoms with E-state index >= 15 is 0 Å². The van der Waals surface area contributed by atoms with Gasteiger partial charge < -0.3 is 19.9 Å². The molecule has 0 saturated carbocycles. The quantitative estimate of drug-likeness (QED) is 0.910. The van der Waals surface area contributed by atoms with Gasteiger partial charge in [-0.15, -0.1) is 0 Å². The molecule has 3 amide bonds. The molecule has 0 aromatic heterocycles. The lowest BCUT2D eigenvalue weighted by Gasteiger charge is -2.34. The first-order chi connectivity index (χ1) is 12.2. The minimum atomic E-state index is -0.130. The Morgan fingerprint density at radius 3 is 2.60 bits per heavy atom. The Hall–Kier alpha value is -2.24. The van der Waals surface area contributed by atoms with E-state index in [0.717, 1.165) is 56.6 Å². The molecule has 2 aliphatic heterocycles. The smallest absolute Gasteiger partial charge is 0.320 e. The van der Waals surface area contributed by atoms with E-state index in [0.29, 0.717) is 13.1 Å². The van der Waals surface area contributed by atoms with E-state index in [1.807, 2.05) is 34.1 Å². The third kappa shape index (κ3) is 4.24. The van der Waals surface area contributed by atoms with Gasteiger partial charge in [0.2, 0.25) is 5.91 Å². The molecule has 0 unspecified atom stereocenters. The van der Waals surface area contributed by atoms with Crippen LogP contribution in [0.4, 0.5) is 4.79 Å². The number of ether oxygens (including phenoxy) is 1. The molecule has 25 heavy (non-hydrogen) atoms. The fraction of sp³-hybridized carbons (Fsp3) is 0.579. The predicted molar refractivity (Wildman–Crippen MR) is 95.3 cm³/mol. The molecule has 6 nitrogen and oxygen atoms in total. The summed E-state index contributed by atoms with van der Waals surface area (Å²) in [5, 5.41) is 3.00. The zero-order valence-electron chi connectivity index (χ0n) is 14.9. The number of benzene rings is 1. The van der Waals surface area contributed by atoms with Crippen molar-refractivity contribution in [2.75, 3.05) is 33.3 Å². The highest BCUT2D eigenvalue weighted by Gasteiger charge is 2.31. The number of nitrogens with one attached hydrogen (secondary N) is 1. The lowest BCUT2D eigenvalue weighted by molar-refractivity contribution is -0.126. The number of para-hydroxylation sites is 1. The number of likely N-dealkylation sites (tertiary alicyclic amines) is 2. The van der Waals surface area contributed by atoms with Crippen LogP contribution in [0, 0.1) is 5.92 Å². The summed E-state index contributed by atoms with van der Waals surface area (Å²) in [4.78, 5) is 28.9. The van der Waals surface area contributed by atoms with Gasteiger partial charge in [-0.1, -0.05) is 18.2 Å². The topological polar surface area (TPSA) is 61.9 Å². The molecule has 136 valence electrons. The summed E-state index contributed by atoms with van der Waals surface area (Å²) in [5.41, 5.74) is 0.958. The van der Waals surface area contributed by atoms with E-state index in [4.69, 9.17) is 4.74 Å². The van der Waals surface area contributed by atoms with Crippen LogP contribution in [0.15, 0.2) is 24.3 Å². The molecule has 0 bridgehead atoms. The number of methoxy groups -OCH3 is 1. The minimum absolute atomic E-state index is 0.0184. The highest BCUT2D eigenvalue weighted by Crippen LogP contribution is 2.21. The Balaban J connectivity index is 1.54. The zero-order chi connectivity index (χ0) is 17.6. The first kappa shape index (κ1) is 17.6. The van der Waals surface area contributed by atoms with Crippen LogP contribution < -0.4 is 10.1 Å². The SMILES string of the molecule is COc1ccccc1CNC(=O)[C@@H]1CCCN(C(=O)N2CCCC2)C1. The maximum absolute atomic E-state index is 12.6. The Morgan fingerprint density at radius 1 is 1.12 bits per heavy atom. The number of rotatable bonds is 4. The van der Waals surface area contributed by atoms with E-state index in [1.165, 1.54) is 0 Å². The number of nitrogens with zero attached hydrogens (tertiary/aromatic N) is 2. The van der Waals surface area contributed by atoms with E-state index < -0.39 is 0 Å². The van der Waals surface area contributed by atoms with E-state index in [9.17, 15) is 9.59 Å². The molecule has 6 heteroatoms. The largest absolute Gasteiger partial charge is 0.496 e. The van der Waals surface area contributed by atoms with Crippen molar-refractivity contribution < 1.29 is 14.3 Å². The van der Waals surface area contributed by atoms with Crippen LogP contribution in [-0.4, -0.2) is 55.0 Å². The maximum atomic E-state index is 12.6. The monoisotopic (exact) mass is 345 g/mol. The van der Waals surface area contributed by atoms with E-state index in [-0.39, 0.29) is 17.9 Å². The second-order valence-corrected chi connectivity index (χ2v) is 6.79. The van der Waals surface area contributed by atoms with Gasteiger partial charge >= 0.3 is 6.03 Å². The van der Waals surface area contributed by atoms with Crippen molar-refractivity contribution in [2.24, 2.45) is 5.92 Å². The van der Waals surface area contributed by atoms with Crippen LogP contribution in [0.5, 0.6) is 5.75 Å². The van der Waals surface area contributed by atoms with Crippen LogP contribution >= 0.6 is 0 Å². The standard InChI is InChI=1S/C19H27N3O3/c1-25-17-9-3-2-7-15(17)13-20-18(23)16-8-6-12-22(14-16)19(24)21-10-4-5-11-21/h2-3,7,9,16H,4-6,8,10-14H2,1H3,(H,20,23)/t16-/m1/s1. The molecule has 1 atom stereocenters. The molecule has 2 heterocycles. The van der Waals surface area contributed by atoms with Crippen molar-refractivity contribution in [3.63, 3.8) is 0 Å². The third-order valence-electron chi connectivity index (χ3n) is 5.08. The Bertz CT molecular complexity index is 614. The van der Waals surface area contributed by atoms with Crippen molar-refractivity contribution in [1.29, 1.82) is 0 Å². The lowest BCUT2D eigenvalue weighted by Crippen LogP contribution is -2.49. The van der Waals surface area contributed by atoms with Gasteiger partial charge in [0.05, 0.1) is 13.0 Å². The lowest BCUT2D eigenvalue weighted by atomic mass is 9.97. The normalized spacial score (nSPS) is 20.4. The Morgan fingerprint density at radius 2 is 1.84 bits per heavy atom. The highest BCUT2D eigenvalue weighted by atomic mass is 16.5. The summed E-state index contributed by atoms with van der Waals surface area (Å²) in [7, 11) is 1.63. The van der Waals surface area contributed by atoms with E-state index in [1.54, 1.807) is 7.11 Å². The van der Waals surface area contributed by atoms with Crippen LogP contribution in [0.1, 0.15) is 31.2 Å². The van der Waals surface area contributed by atoms with Crippen LogP contribution in [0.3, 0.4) is 0 Å². The molecule has 0 spiro atoms. The van der Waals surface area contributed by atoms with Gasteiger partial charge in [-0.3, -0.25) is 4.79 Å². The average molecular weight is 345 g/mol. The van der Waals surface area contributed by atoms with Crippen molar-refractivity contribution in [3.8, 4) is 5.75 Å². The number of piperidine rings is 1. The predicted octanol–water partition coefficient (Wildman–Crippen LogP) is 2.24. The fourth-order valence-electron chi connectivity index (χ4n) is 3.65. The van der Waals surface area contributed by atoms with Crippen LogP contribution in [-0.2, 0) is 11.3 Å². The summed E-state index contributed by atoms with van der Waals surface area (Å²) in [5.74, 6) is 0.664. The number of amides is 3. The van der Waals surface area contributed by atoms with Gasteiger partial charge in [-0.2, -0.15) is 0 Å². The second-order valence-electron chi connectivity index (χ2n) is 6.79. The maximum Gasteiger partial charge on any atom is 0.320 e. The van der Waals surface area contributed by atoms with Crippen LogP contribution in [0.25, 0.3) is 0 Å². The van der Waals surface area contributed by atoms with Gasteiger partial charge in [0.15, 0.2) is 0 Å². The summed E-state index contributed by atoms with van der Waals surface area (Å²) >= 11 is 0. The molecular weight excluding hydrogens is 318 g/mol. The van der Waals surface area contributed by atoms with Crippen molar-refractivity contribution in [1.82, 2.24) is 15.1 Å². The molecule has 2 aliphatic rings. The summed E-state index contributed by atoms with van der Waals surface area (Å²) in [6.07, 6.45) is 3.89. The van der Waals surface area contributed by atoms with Crippen molar-refractivity contribution in [2.45, 2.75) is 32.2 Å². The highest BCUT2D eigenvalue weighted by molar-refractivity contribution is 5.81. The molecule has 1 N–H and O–H groups in total. The first-order valence-corrected chi connectivity index (χ1v) is 9.12. The molecular formula is C19H27N3O3. The van der Waals surface area contributed by atoms with Gasteiger partial charge in [-0.05, 0) is 31.7 Å². The van der Waals surface area contributed by atoms with Crippen molar-refractivity contribution >= 4 is 11.9 Å². The summed E-state index contributed by atoms with van der Waals surface area (Å²) in [6.45, 7) is 3.41. The zero-order valence-corrected chi connectivity index (χ0v) is 14.9. The molecule has 3 rings (SSSR count). The number of hydrogen-bond donors (Lipinski definition) is 1. The molecule has 1 aromatic carbocycles. The number of carbonyl (C=O) groups excluding carboxylic acids is 2. The number of carbonyl (C=O) groups is 2. The van der Waals surface area contributed by atoms with Crippen molar-refractivity contribution in [3.05, 3.63) is 29.8 Å². The fourth-order valence-corrected chi connectivity index (χ4v) is 3.65. The van der Waals surface area contributed by atoms with E-state index in [2.05, 4.69) is 5.32 Å². The first-order valence-electron chi connectivity index (χ1n) is 9.12. The molecule has 0 aliphatic carbocycles.